The summed E-state index contributed by atoms with van der Waals surface area (Å²) in [6.07, 6.45) is 0. The molecule has 1 aromatic rings. The van der Waals surface area contributed by atoms with Crippen LogP contribution in [-0.4, -0.2) is 19.2 Å². The van der Waals surface area contributed by atoms with Crippen molar-refractivity contribution in [2.45, 2.75) is 20.8 Å². The summed E-state index contributed by atoms with van der Waals surface area (Å²) in [5, 5.41) is 0. The Balaban J connectivity index is 2.78. The largest absolute Gasteiger partial charge is 0.532 e. The minimum absolute atomic E-state index is 0.137. The monoisotopic (exact) mass is 272 g/mol. The van der Waals surface area contributed by atoms with E-state index in [-0.39, 0.29) is 13.2 Å². The fraction of sp³-hybridized carbons (Fsp3) is 0.417. The van der Waals surface area contributed by atoms with Crippen molar-refractivity contribution in [1.29, 1.82) is 0 Å². The van der Waals surface area contributed by atoms with Gasteiger partial charge in [0.2, 0.25) is 0 Å². The van der Waals surface area contributed by atoms with Crippen LogP contribution in [0.4, 0.5) is 0 Å². The van der Waals surface area contributed by atoms with Crippen molar-refractivity contribution in [2.75, 3.05) is 13.2 Å². The molecule has 0 bridgehead atoms. The Morgan fingerprint density at radius 3 is 2.06 bits per heavy atom. The average molecular weight is 272 g/mol. The maximum atomic E-state index is 12.0. The summed E-state index contributed by atoms with van der Waals surface area (Å²) in [6, 6.07) is 6.73. The number of rotatable bonds is 6. The Morgan fingerprint density at radius 1 is 1.11 bits per heavy atom. The van der Waals surface area contributed by atoms with Crippen LogP contribution in [0.25, 0.3) is 0 Å². The summed E-state index contributed by atoms with van der Waals surface area (Å²) in [4.78, 5) is 11.8. The van der Waals surface area contributed by atoms with Crippen LogP contribution in [-0.2, 0) is 18.1 Å². The molecule has 0 aromatic heterocycles. The van der Waals surface area contributed by atoms with Crippen molar-refractivity contribution in [2.24, 2.45) is 0 Å². The van der Waals surface area contributed by atoms with Gasteiger partial charge in [-0.3, -0.25) is 9.05 Å². The second kappa shape index (κ2) is 6.69. The van der Waals surface area contributed by atoms with Gasteiger partial charge in [-0.15, -0.1) is 0 Å². The van der Waals surface area contributed by atoms with E-state index in [1.54, 1.807) is 38.1 Å². The van der Waals surface area contributed by atoms with Crippen LogP contribution in [0.5, 0.6) is 0 Å². The number of hydrogen-bond donors (Lipinski definition) is 0. The smallest absolute Gasteiger partial charge is 0.367 e. The fourth-order valence-corrected chi connectivity index (χ4v) is 2.37. The first-order chi connectivity index (χ1) is 8.50. The van der Waals surface area contributed by atoms with Crippen LogP contribution in [0, 0.1) is 6.92 Å². The van der Waals surface area contributed by atoms with Gasteiger partial charge >= 0.3 is 13.8 Å². The first-order valence-electron chi connectivity index (χ1n) is 5.70. The molecular weight excluding hydrogens is 255 g/mol. The molecule has 0 saturated carbocycles. The number of phosphoric acid groups is 1. The van der Waals surface area contributed by atoms with E-state index < -0.39 is 13.8 Å². The van der Waals surface area contributed by atoms with Crippen LogP contribution in [0.15, 0.2) is 24.3 Å². The highest BCUT2D eigenvalue weighted by atomic mass is 31.2. The maximum Gasteiger partial charge on any atom is 0.532 e. The predicted molar refractivity (Wildman–Crippen MR) is 67.5 cm³/mol. The molecule has 0 atom stereocenters. The molecular formula is C12H17O5P. The third kappa shape index (κ3) is 4.26. The molecule has 1 rings (SSSR count). The molecule has 0 aliphatic heterocycles. The summed E-state index contributed by atoms with van der Waals surface area (Å²) in [5.41, 5.74) is 1.32. The molecule has 18 heavy (non-hydrogen) atoms. The minimum atomic E-state index is -3.80. The van der Waals surface area contributed by atoms with Crippen LogP contribution in [0.2, 0.25) is 0 Å². The van der Waals surface area contributed by atoms with Crippen molar-refractivity contribution in [3.05, 3.63) is 35.4 Å². The summed E-state index contributed by atoms with van der Waals surface area (Å²) in [7, 11) is -3.80. The highest BCUT2D eigenvalue weighted by Gasteiger charge is 2.30. The number of carbonyl (C=O) groups excluding carboxylic acids is 1. The molecule has 0 N–H and O–H groups in total. The minimum Gasteiger partial charge on any atom is -0.367 e. The van der Waals surface area contributed by atoms with Crippen molar-refractivity contribution in [3.8, 4) is 0 Å². The molecule has 0 aliphatic carbocycles. The zero-order valence-electron chi connectivity index (χ0n) is 10.7. The number of benzene rings is 1. The van der Waals surface area contributed by atoms with E-state index in [1.807, 2.05) is 6.92 Å². The number of carbonyl (C=O) groups is 1. The standard InChI is InChI=1S/C12H17O5P/c1-4-15-18(14,16-5-2)17-12(13)11-8-6-10(3)7-9-11/h6-9H,4-5H2,1-3H3. The van der Waals surface area contributed by atoms with Crippen LogP contribution in [0.3, 0.4) is 0 Å². The van der Waals surface area contributed by atoms with Crippen LogP contribution < -0.4 is 0 Å². The van der Waals surface area contributed by atoms with Gasteiger partial charge < -0.3 is 4.52 Å². The quantitative estimate of drug-likeness (QED) is 0.743. The normalized spacial score (nSPS) is 11.3. The lowest BCUT2D eigenvalue weighted by Gasteiger charge is -2.15. The Hall–Kier alpha value is -1.16. The molecule has 0 unspecified atom stereocenters. The van der Waals surface area contributed by atoms with Gasteiger partial charge in [0.05, 0.1) is 18.8 Å². The van der Waals surface area contributed by atoms with E-state index in [0.717, 1.165) is 5.56 Å². The topological polar surface area (TPSA) is 61.8 Å². The SMILES string of the molecule is CCOP(=O)(OCC)OC(=O)c1ccc(C)cc1. The second-order valence-electron chi connectivity index (χ2n) is 3.53. The maximum absolute atomic E-state index is 12.0. The Kier molecular flexibility index (Phi) is 5.54. The van der Waals surface area contributed by atoms with Crippen LogP contribution >= 0.6 is 7.82 Å². The lowest BCUT2D eigenvalue weighted by atomic mass is 10.2. The van der Waals surface area contributed by atoms with Gasteiger partial charge in [-0.05, 0) is 32.9 Å². The Labute approximate surface area is 107 Å². The number of phosphoric ester groups is 1. The van der Waals surface area contributed by atoms with Gasteiger partial charge in [0.25, 0.3) is 0 Å². The van der Waals surface area contributed by atoms with E-state index in [4.69, 9.17) is 13.6 Å². The van der Waals surface area contributed by atoms with Crippen molar-refractivity contribution >= 4 is 13.8 Å². The summed E-state index contributed by atoms with van der Waals surface area (Å²) < 4.78 is 26.5. The first kappa shape index (κ1) is 14.9. The molecule has 0 aliphatic rings. The summed E-state index contributed by atoms with van der Waals surface area (Å²) >= 11 is 0. The zero-order chi connectivity index (χ0) is 13.6. The van der Waals surface area contributed by atoms with Gasteiger partial charge in [-0.2, -0.15) is 0 Å². The molecule has 0 amide bonds. The average Bonchev–Trinajstić information content (AvgIpc) is 2.30. The molecule has 0 spiro atoms. The Morgan fingerprint density at radius 2 is 1.61 bits per heavy atom. The van der Waals surface area contributed by atoms with Gasteiger partial charge in [0, 0.05) is 0 Å². The van der Waals surface area contributed by atoms with E-state index in [2.05, 4.69) is 0 Å². The highest BCUT2D eigenvalue weighted by Crippen LogP contribution is 2.49. The molecule has 5 nitrogen and oxygen atoms in total. The number of aryl methyl sites for hydroxylation is 1. The van der Waals surface area contributed by atoms with E-state index in [1.165, 1.54) is 0 Å². The molecule has 6 heteroatoms. The van der Waals surface area contributed by atoms with Gasteiger partial charge in [0.1, 0.15) is 0 Å². The van der Waals surface area contributed by atoms with Gasteiger partial charge in [-0.1, -0.05) is 17.7 Å². The predicted octanol–water partition coefficient (Wildman–Crippen LogP) is 3.33. The highest BCUT2D eigenvalue weighted by molar-refractivity contribution is 7.49. The van der Waals surface area contributed by atoms with Crippen molar-refractivity contribution < 1.29 is 22.9 Å². The molecule has 0 heterocycles. The first-order valence-corrected chi connectivity index (χ1v) is 7.16. The fourth-order valence-electron chi connectivity index (χ4n) is 1.25. The van der Waals surface area contributed by atoms with E-state index >= 15 is 0 Å². The molecule has 1 aromatic carbocycles. The molecule has 0 fully saturated rings. The third-order valence-corrected chi connectivity index (χ3v) is 3.59. The lowest BCUT2D eigenvalue weighted by molar-refractivity contribution is 0.0606. The molecule has 0 radical (unpaired) electrons. The number of hydrogen-bond acceptors (Lipinski definition) is 5. The Bertz CT molecular complexity index is 430. The molecule has 0 saturated heterocycles. The van der Waals surface area contributed by atoms with Crippen molar-refractivity contribution in [1.82, 2.24) is 0 Å². The second-order valence-corrected chi connectivity index (χ2v) is 5.12. The third-order valence-electron chi connectivity index (χ3n) is 2.06. The molecule has 100 valence electrons. The van der Waals surface area contributed by atoms with Gasteiger partial charge in [-0.25, -0.2) is 9.36 Å². The summed E-state index contributed by atoms with van der Waals surface area (Å²) in [5.74, 6) is -0.722. The van der Waals surface area contributed by atoms with Gasteiger partial charge in [0.15, 0.2) is 0 Å². The van der Waals surface area contributed by atoms with E-state index in [9.17, 15) is 9.36 Å². The summed E-state index contributed by atoms with van der Waals surface area (Å²) in [6.45, 7) is 5.47. The van der Waals surface area contributed by atoms with Crippen molar-refractivity contribution in [3.63, 3.8) is 0 Å². The van der Waals surface area contributed by atoms with E-state index in [0.29, 0.717) is 5.56 Å². The lowest BCUT2D eigenvalue weighted by Crippen LogP contribution is -2.07. The van der Waals surface area contributed by atoms with Crippen LogP contribution in [0.1, 0.15) is 29.8 Å². The zero-order valence-corrected chi connectivity index (χ0v) is 11.6.